The highest BCUT2D eigenvalue weighted by atomic mass is 19.1. The van der Waals surface area contributed by atoms with Gasteiger partial charge in [-0.2, -0.15) is 0 Å². The molecule has 1 atom stereocenters. The Morgan fingerprint density at radius 1 is 1.18 bits per heavy atom. The zero-order valence-corrected chi connectivity index (χ0v) is 18.4. The Morgan fingerprint density at radius 3 is 2.76 bits per heavy atom. The third-order valence-electron chi connectivity index (χ3n) is 7.14. The van der Waals surface area contributed by atoms with Crippen molar-refractivity contribution in [3.8, 4) is 0 Å². The van der Waals surface area contributed by atoms with E-state index in [2.05, 4.69) is 25.3 Å². The molecule has 1 saturated carbocycles. The van der Waals surface area contributed by atoms with E-state index in [0.29, 0.717) is 40.2 Å². The summed E-state index contributed by atoms with van der Waals surface area (Å²) in [5, 5.41) is 5.48. The molecule has 0 radical (unpaired) electrons. The number of aromatic nitrogens is 6. The average molecular weight is 449 g/mol. The molecule has 4 aromatic rings. The van der Waals surface area contributed by atoms with Crippen molar-refractivity contribution in [3.63, 3.8) is 0 Å². The molecule has 9 nitrogen and oxygen atoms in total. The molecule has 10 heteroatoms. The first-order valence-corrected chi connectivity index (χ1v) is 11.5. The number of hydrogen-bond acceptors (Lipinski definition) is 7. The fourth-order valence-electron chi connectivity index (χ4n) is 4.93. The number of piperidine rings is 1. The van der Waals surface area contributed by atoms with Crippen molar-refractivity contribution < 1.29 is 4.39 Å². The number of rotatable bonds is 5. The quantitative estimate of drug-likeness (QED) is 0.483. The van der Waals surface area contributed by atoms with Gasteiger partial charge in [0.1, 0.15) is 23.0 Å². The van der Waals surface area contributed by atoms with Gasteiger partial charge >= 0.3 is 0 Å². The minimum atomic E-state index is -0.545. The molecule has 2 fully saturated rings. The summed E-state index contributed by atoms with van der Waals surface area (Å²) in [6, 6.07) is 4.25. The highest BCUT2D eigenvalue weighted by molar-refractivity contribution is 5.82. The summed E-state index contributed by atoms with van der Waals surface area (Å²) in [6.45, 7) is 3.52. The topological polar surface area (TPSA) is 105 Å². The maximum absolute atomic E-state index is 14.7. The molecule has 0 bridgehead atoms. The van der Waals surface area contributed by atoms with Crippen molar-refractivity contribution in [3.05, 3.63) is 52.8 Å². The molecule has 4 heterocycles. The molecule has 1 aromatic carbocycles. The molecular formula is C23H25FN8O. The van der Waals surface area contributed by atoms with E-state index < -0.39 is 5.82 Å². The number of imidazole rings is 1. The lowest BCUT2D eigenvalue weighted by atomic mass is 9.94. The number of H-pyrrole nitrogens is 1. The summed E-state index contributed by atoms with van der Waals surface area (Å²) in [5.74, 6) is 0.564. The molecule has 6 rings (SSSR count). The van der Waals surface area contributed by atoms with E-state index in [1.54, 1.807) is 23.1 Å². The number of halogens is 1. The lowest BCUT2D eigenvalue weighted by Crippen LogP contribution is -2.50. The Kier molecular flexibility index (Phi) is 4.56. The third kappa shape index (κ3) is 3.32. The Bertz CT molecular complexity index is 1400. The Labute approximate surface area is 189 Å². The third-order valence-corrected chi connectivity index (χ3v) is 7.14. The number of anilines is 1. The van der Waals surface area contributed by atoms with Gasteiger partial charge in [-0.1, -0.05) is 13.0 Å². The molecule has 2 aliphatic rings. The van der Waals surface area contributed by atoms with Crippen molar-refractivity contribution in [1.29, 1.82) is 0 Å². The predicted molar refractivity (Wildman–Crippen MR) is 123 cm³/mol. The van der Waals surface area contributed by atoms with Crippen molar-refractivity contribution >= 4 is 27.9 Å². The molecule has 1 unspecified atom stereocenters. The molecule has 170 valence electrons. The summed E-state index contributed by atoms with van der Waals surface area (Å²) in [7, 11) is 0. The number of fused-ring (bicyclic) bond motifs is 2. The molecule has 1 saturated heterocycles. The molecular weight excluding hydrogens is 423 g/mol. The van der Waals surface area contributed by atoms with Gasteiger partial charge in [0, 0.05) is 13.1 Å². The molecule has 1 aliphatic carbocycles. The van der Waals surface area contributed by atoms with Gasteiger partial charge in [-0.25, -0.2) is 29.0 Å². The van der Waals surface area contributed by atoms with Gasteiger partial charge in [-0.15, -0.1) is 0 Å². The monoisotopic (exact) mass is 448 g/mol. The second-order valence-electron chi connectivity index (χ2n) is 9.10. The van der Waals surface area contributed by atoms with Crippen molar-refractivity contribution in [2.45, 2.75) is 45.1 Å². The summed E-state index contributed by atoms with van der Waals surface area (Å²) in [5.41, 5.74) is 1.68. The fraction of sp³-hybridized carbons (Fsp3) is 0.435. The normalized spacial score (nSPS) is 18.2. The van der Waals surface area contributed by atoms with E-state index in [1.165, 1.54) is 25.2 Å². The number of nitrogens with zero attached hydrogens (tertiary/aromatic N) is 6. The minimum absolute atomic E-state index is 0.0274. The lowest BCUT2D eigenvalue weighted by Gasteiger charge is -2.36. The SMILES string of the molecule is CCC(Nc1ncnc2[nH]cnc12)c1nc2cccc(F)c2c(=O)n1N1CCC2(CC1)CC2. The van der Waals surface area contributed by atoms with Gasteiger partial charge in [0.05, 0.1) is 17.9 Å². The van der Waals surface area contributed by atoms with E-state index in [9.17, 15) is 9.18 Å². The second kappa shape index (κ2) is 7.50. The number of hydrogen-bond donors (Lipinski definition) is 2. The predicted octanol–water partition coefficient (Wildman–Crippen LogP) is 3.28. The molecule has 2 N–H and O–H groups in total. The van der Waals surface area contributed by atoms with E-state index >= 15 is 0 Å². The number of benzene rings is 1. The van der Waals surface area contributed by atoms with E-state index in [1.807, 2.05) is 11.9 Å². The Balaban J connectivity index is 1.48. The summed E-state index contributed by atoms with van der Waals surface area (Å²) in [6.07, 6.45) is 8.28. The van der Waals surface area contributed by atoms with Crippen LogP contribution in [0.15, 0.2) is 35.6 Å². The zero-order valence-electron chi connectivity index (χ0n) is 18.4. The first-order chi connectivity index (χ1) is 16.1. The smallest absolute Gasteiger partial charge is 0.283 e. The minimum Gasteiger partial charge on any atom is -0.358 e. The summed E-state index contributed by atoms with van der Waals surface area (Å²) < 4.78 is 16.3. The van der Waals surface area contributed by atoms with Crippen molar-refractivity contribution in [1.82, 2.24) is 29.6 Å². The van der Waals surface area contributed by atoms with Crippen molar-refractivity contribution in [2.75, 3.05) is 23.4 Å². The first kappa shape index (κ1) is 20.1. The molecule has 1 spiro atoms. The van der Waals surface area contributed by atoms with Gasteiger partial charge in [0.25, 0.3) is 5.56 Å². The highest BCUT2D eigenvalue weighted by Gasteiger charge is 2.45. The maximum atomic E-state index is 14.7. The molecule has 33 heavy (non-hydrogen) atoms. The average Bonchev–Trinajstić information content (AvgIpc) is 3.39. The molecule has 1 aliphatic heterocycles. The van der Waals surface area contributed by atoms with Crippen LogP contribution in [0.5, 0.6) is 0 Å². The van der Waals surface area contributed by atoms with Crippen LogP contribution in [0, 0.1) is 11.2 Å². The fourth-order valence-corrected chi connectivity index (χ4v) is 4.93. The van der Waals surface area contributed by atoms with Crippen LogP contribution >= 0.6 is 0 Å². The van der Waals surface area contributed by atoms with E-state index in [-0.39, 0.29) is 17.0 Å². The van der Waals surface area contributed by atoms with E-state index in [4.69, 9.17) is 4.98 Å². The Hall–Kier alpha value is -3.56. The van der Waals surface area contributed by atoms with Crippen LogP contribution in [0.3, 0.4) is 0 Å². The Morgan fingerprint density at radius 2 is 2.00 bits per heavy atom. The van der Waals surface area contributed by atoms with Crippen LogP contribution in [0.1, 0.15) is 50.9 Å². The van der Waals surface area contributed by atoms with Crippen LogP contribution in [0.2, 0.25) is 0 Å². The van der Waals surface area contributed by atoms with Gasteiger partial charge < -0.3 is 15.3 Å². The van der Waals surface area contributed by atoms with Crippen LogP contribution < -0.4 is 15.9 Å². The lowest BCUT2D eigenvalue weighted by molar-refractivity contribution is 0.334. The van der Waals surface area contributed by atoms with Crippen LogP contribution in [0.4, 0.5) is 10.2 Å². The van der Waals surface area contributed by atoms with Crippen LogP contribution in [-0.4, -0.2) is 42.7 Å². The highest BCUT2D eigenvalue weighted by Crippen LogP contribution is 2.53. The molecule has 3 aromatic heterocycles. The van der Waals surface area contributed by atoms with E-state index in [0.717, 1.165) is 25.9 Å². The maximum Gasteiger partial charge on any atom is 0.283 e. The number of aromatic amines is 1. The molecule has 0 amide bonds. The van der Waals surface area contributed by atoms with Gasteiger partial charge in [-0.3, -0.25) is 4.79 Å². The standard InChI is InChI=1S/C23H25FN8O/c1-2-15(29-20-18-19(26-12-25-18)27-13-28-20)21-30-16-5-3-4-14(24)17(16)22(33)32(21)31-10-8-23(6-7-23)9-11-31/h3-5,12-13,15H,2,6-11H2,1H3,(H2,25,26,27,28,29). The summed E-state index contributed by atoms with van der Waals surface area (Å²) >= 11 is 0. The number of nitrogens with one attached hydrogen (secondary N) is 2. The largest absolute Gasteiger partial charge is 0.358 e. The van der Waals surface area contributed by atoms with Gasteiger partial charge in [0.15, 0.2) is 17.3 Å². The van der Waals surface area contributed by atoms with Gasteiger partial charge in [-0.05, 0) is 49.7 Å². The zero-order chi connectivity index (χ0) is 22.6. The van der Waals surface area contributed by atoms with Crippen LogP contribution in [-0.2, 0) is 0 Å². The van der Waals surface area contributed by atoms with Crippen LogP contribution in [0.25, 0.3) is 22.1 Å². The summed E-state index contributed by atoms with van der Waals surface area (Å²) in [4.78, 5) is 34.3. The van der Waals surface area contributed by atoms with Crippen molar-refractivity contribution in [2.24, 2.45) is 5.41 Å². The first-order valence-electron chi connectivity index (χ1n) is 11.5. The second-order valence-corrected chi connectivity index (χ2v) is 9.10. The van der Waals surface area contributed by atoms with Gasteiger partial charge in [0.2, 0.25) is 0 Å².